The lowest BCUT2D eigenvalue weighted by atomic mass is 9.91. The van der Waals surface area contributed by atoms with Gasteiger partial charge in [-0.05, 0) is 43.0 Å². The number of halogens is 3. The molecular weight excluding hydrogens is 375 g/mol. The number of aryl methyl sites for hydroxylation is 1. The molecule has 1 aliphatic rings. The van der Waals surface area contributed by atoms with Crippen molar-refractivity contribution >= 4 is 44.8 Å². The van der Waals surface area contributed by atoms with Crippen molar-refractivity contribution in [1.82, 2.24) is 4.98 Å². The Bertz CT molecular complexity index is 722. The summed E-state index contributed by atoms with van der Waals surface area (Å²) in [6.45, 7) is 0. The topological polar surface area (TPSA) is 44.9 Å². The standard InChI is InChI=1S/C15H13BrCl2N2O/c16-8-6-10(17)15(11(18)7-8)20-13-3-1-2-12-9(13)4-5-14(21)19-12/h4-7,13,20H,1-3H2,(H,19,21). The molecule has 1 aliphatic carbocycles. The van der Waals surface area contributed by atoms with E-state index >= 15 is 0 Å². The van der Waals surface area contributed by atoms with Gasteiger partial charge in [-0.1, -0.05) is 39.1 Å². The number of hydrogen-bond acceptors (Lipinski definition) is 2. The van der Waals surface area contributed by atoms with Crippen molar-refractivity contribution < 1.29 is 0 Å². The predicted octanol–water partition coefficient (Wildman–Crippen LogP) is 4.93. The monoisotopic (exact) mass is 386 g/mol. The first-order valence-electron chi connectivity index (χ1n) is 6.68. The van der Waals surface area contributed by atoms with Crippen LogP contribution in [0.5, 0.6) is 0 Å². The van der Waals surface area contributed by atoms with Crippen molar-refractivity contribution in [3.8, 4) is 0 Å². The Kier molecular flexibility index (Phi) is 4.29. The molecule has 1 aromatic carbocycles. The summed E-state index contributed by atoms with van der Waals surface area (Å²) < 4.78 is 0.844. The molecule has 6 heteroatoms. The van der Waals surface area contributed by atoms with Crippen molar-refractivity contribution in [2.24, 2.45) is 0 Å². The van der Waals surface area contributed by atoms with Gasteiger partial charge in [-0.3, -0.25) is 4.79 Å². The number of aromatic nitrogens is 1. The summed E-state index contributed by atoms with van der Waals surface area (Å²) in [5.74, 6) is 0. The van der Waals surface area contributed by atoms with Crippen LogP contribution in [0, 0.1) is 0 Å². The minimum Gasteiger partial charge on any atom is -0.376 e. The molecule has 0 saturated carbocycles. The number of H-pyrrole nitrogens is 1. The Balaban J connectivity index is 1.96. The number of aromatic amines is 1. The highest BCUT2D eigenvalue weighted by Gasteiger charge is 2.22. The Hall–Kier alpha value is -0.970. The molecule has 1 aromatic heterocycles. The van der Waals surface area contributed by atoms with Crippen LogP contribution in [0.4, 0.5) is 5.69 Å². The van der Waals surface area contributed by atoms with Gasteiger partial charge in [0.15, 0.2) is 0 Å². The van der Waals surface area contributed by atoms with Crippen molar-refractivity contribution in [1.29, 1.82) is 0 Å². The first-order valence-corrected chi connectivity index (χ1v) is 8.22. The van der Waals surface area contributed by atoms with Crippen LogP contribution in [0.15, 0.2) is 33.5 Å². The summed E-state index contributed by atoms with van der Waals surface area (Å²) in [7, 11) is 0. The van der Waals surface area contributed by atoms with Crippen LogP contribution in [-0.2, 0) is 6.42 Å². The summed E-state index contributed by atoms with van der Waals surface area (Å²) in [4.78, 5) is 14.3. The lowest BCUT2D eigenvalue weighted by Crippen LogP contribution is -2.21. The molecule has 0 saturated heterocycles. The van der Waals surface area contributed by atoms with E-state index in [4.69, 9.17) is 23.2 Å². The smallest absolute Gasteiger partial charge is 0.248 e. The van der Waals surface area contributed by atoms with Gasteiger partial charge >= 0.3 is 0 Å². The van der Waals surface area contributed by atoms with Gasteiger partial charge < -0.3 is 10.3 Å². The Morgan fingerprint density at radius 1 is 1.24 bits per heavy atom. The maximum Gasteiger partial charge on any atom is 0.248 e. The summed E-state index contributed by atoms with van der Waals surface area (Å²) in [5, 5.41) is 4.56. The van der Waals surface area contributed by atoms with Gasteiger partial charge in [0.1, 0.15) is 0 Å². The number of pyridine rings is 1. The molecule has 0 spiro atoms. The second kappa shape index (κ2) is 6.03. The summed E-state index contributed by atoms with van der Waals surface area (Å²) >= 11 is 15.9. The maximum atomic E-state index is 11.4. The molecule has 0 radical (unpaired) electrons. The third-order valence-corrected chi connectivity index (χ3v) is 4.71. The lowest BCUT2D eigenvalue weighted by Gasteiger charge is -2.27. The predicted molar refractivity (Wildman–Crippen MR) is 90.5 cm³/mol. The first-order chi connectivity index (χ1) is 10.0. The fourth-order valence-electron chi connectivity index (χ4n) is 2.70. The highest BCUT2D eigenvalue weighted by Crippen LogP contribution is 2.38. The lowest BCUT2D eigenvalue weighted by molar-refractivity contribution is 0.587. The second-order valence-electron chi connectivity index (χ2n) is 5.09. The minimum atomic E-state index is -0.0610. The third kappa shape index (κ3) is 3.12. The van der Waals surface area contributed by atoms with Gasteiger partial charge in [-0.25, -0.2) is 0 Å². The fraction of sp³-hybridized carbons (Fsp3) is 0.267. The van der Waals surface area contributed by atoms with Crippen LogP contribution >= 0.6 is 39.1 Å². The van der Waals surface area contributed by atoms with E-state index in [-0.39, 0.29) is 11.6 Å². The molecule has 3 nitrogen and oxygen atoms in total. The third-order valence-electron chi connectivity index (χ3n) is 3.66. The average Bonchev–Trinajstić information content (AvgIpc) is 2.42. The van der Waals surface area contributed by atoms with Gasteiger partial charge in [-0.15, -0.1) is 0 Å². The molecule has 110 valence electrons. The van der Waals surface area contributed by atoms with E-state index in [2.05, 4.69) is 26.2 Å². The van der Waals surface area contributed by atoms with E-state index in [1.807, 2.05) is 18.2 Å². The van der Waals surface area contributed by atoms with E-state index < -0.39 is 0 Å². The normalized spacial score (nSPS) is 17.4. The summed E-state index contributed by atoms with van der Waals surface area (Å²) in [6.07, 6.45) is 2.88. The highest BCUT2D eigenvalue weighted by molar-refractivity contribution is 9.10. The molecule has 2 N–H and O–H groups in total. The van der Waals surface area contributed by atoms with Gasteiger partial charge in [0.25, 0.3) is 0 Å². The van der Waals surface area contributed by atoms with E-state index in [1.165, 1.54) is 0 Å². The average molecular weight is 388 g/mol. The molecule has 0 fully saturated rings. The van der Waals surface area contributed by atoms with Crippen LogP contribution < -0.4 is 10.9 Å². The van der Waals surface area contributed by atoms with Crippen molar-refractivity contribution in [3.05, 3.63) is 60.4 Å². The Morgan fingerprint density at radius 2 is 1.95 bits per heavy atom. The van der Waals surface area contributed by atoms with Crippen LogP contribution in [-0.4, -0.2) is 4.98 Å². The van der Waals surface area contributed by atoms with Gasteiger partial charge in [-0.2, -0.15) is 0 Å². The maximum absolute atomic E-state index is 11.4. The Labute approximate surface area is 140 Å². The van der Waals surface area contributed by atoms with Crippen LogP contribution in [0.3, 0.4) is 0 Å². The molecule has 3 rings (SSSR count). The SMILES string of the molecule is O=c1ccc2c([nH]1)CCCC2Nc1c(Cl)cc(Br)cc1Cl. The first kappa shape index (κ1) is 14.9. The Morgan fingerprint density at radius 3 is 2.67 bits per heavy atom. The van der Waals surface area contributed by atoms with Gasteiger partial charge in [0.2, 0.25) is 5.56 Å². The zero-order valence-corrected chi connectivity index (χ0v) is 14.1. The fourth-order valence-corrected chi connectivity index (χ4v) is 4.02. The number of anilines is 1. The molecule has 0 amide bonds. The number of benzene rings is 1. The molecule has 0 bridgehead atoms. The number of hydrogen-bond donors (Lipinski definition) is 2. The molecule has 0 aliphatic heterocycles. The number of fused-ring (bicyclic) bond motifs is 1. The van der Waals surface area contributed by atoms with Crippen LogP contribution in [0.1, 0.15) is 30.1 Å². The molecule has 2 aromatic rings. The van der Waals surface area contributed by atoms with Gasteiger partial charge in [0, 0.05) is 16.2 Å². The minimum absolute atomic E-state index is 0.0610. The molecule has 1 unspecified atom stereocenters. The quantitative estimate of drug-likeness (QED) is 0.766. The van der Waals surface area contributed by atoms with Gasteiger partial charge in [0.05, 0.1) is 21.8 Å². The van der Waals surface area contributed by atoms with Crippen molar-refractivity contribution in [3.63, 3.8) is 0 Å². The summed E-state index contributed by atoms with van der Waals surface area (Å²) in [6, 6.07) is 7.16. The zero-order valence-electron chi connectivity index (χ0n) is 11.1. The molecular formula is C15H13BrCl2N2O. The van der Waals surface area contributed by atoms with Crippen LogP contribution in [0.2, 0.25) is 10.0 Å². The molecule has 1 atom stereocenters. The number of nitrogens with one attached hydrogen (secondary N) is 2. The van der Waals surface area contributed by atoms with E-state index in [0.717, 1.165) is 40.7 Å². The van der Waals surface area contributed by atoms with E-state index in [1.54, 1.807) is 6.07 Å². The largest absolute Gasteiger partial charge is 0.376 e. The van der Waals surface area contributed by atoms with Crippen molar-refractivity contribution in [2.75, 3.05) is 5.32 Å². The number of rotatable bonds is 2. The molecule has 1 heterocycles. The highest BCUT2D eigenvalue weighted by atomic mass is 79.9. The van der Waals surface area contributed by atoms with E-state index in [9.17, 15) is 4.79 Å². The van der Waals surface area contributed by atoms with E-state index in [0.29, 0.717) is 10.0 Å². The van der Waals surface area contributed by atoms with Crippen LogP contribution in [0.25, 0.3) is 0 Å². The van der Waals surface area contributed by atoms with Crippen molar-refractivity contribution in [2.45, 2.75) is 25.3 Å². The second-order valence-corrected chi connectivity index (χ2v) is 6.82. The summed E-state index contributed by atoms with van der Waals surface area (Å²) in [5.41, 5.74) is 2.77. The zero-order chi connectivity index (χ0) is 15.0. The molecule has 21 heavy (non-hydrogen) atoms.